The Bertz CT molecular complexity index is 386. The van der Waals surface area contributed by atoms with E-state index in [1.54, 1.807) is 13.2 Å². The molecule has 2 rings (SSSR count). The van der Waals surface area contributed by atoms with Gasteiger partial charge in [-0.3, -0.25) is 0 Å². The number of ether oxygens (including phenoxy) is 2. The molecular formula is C13H19NO3. The minimum atomic E-state index is -0.284. The van der Waals surface area contributed by atoms with Gasteiger partial charge in [0, 0.05) is 19.5 Å². The third kappa shape index (κ3) is 2.52. The molecule has 1 aromatic rings. The molecular weight excluding hydrogens is 218 g/mol. The largest absolute Gasteiger partial charge is 0.465 e. The van der Waals surface area contributed by atoms with Gasteiger partial charge in [-0.15, -0.1) is 0 Å². The molecule has 1 heterocycles. The zero-order valence-corrected chi connectivity index (χ0v) is 10.4. The van der Waals surface area contributed by atoms with Crippen molar-refractivity contribution < 1.29 is 14.3 Å². The molecule has 0 spiro atoms. The first-order chi connectivity index (χ1) is 8.26. The van der Waals surface area contributed by atoms with Crippen LogP contribution in [0.3, 0.4) is 0 Å². The maximum absolute atomic E-state index is 11.4. The van der Waals surface area contributed by atoms with E-state index < -0.39 is 0 Å². The molecule has 1 aromatic heterocycles. The lowest BCUT2D eigenvalue weighted by Gasteiger charge is -2.31. The first kappa shape index (κ1) is 12.2. The molecule has 0 amide bonds. The predicted octanol–water partition coefficient (Wildman–Crippen LogP) is 2.40. The van der Waals surface area contributed by atoms with E-state index in [9.17, 15) is 4.79 Å². The number of hydrogen-bond acceptors (Lipinski definition) is 3. The first-order valence-corrected chi connectivity index (χ1v) is 6.05. The highest BCUT2D eigenvalue weighted by Crippen LogP contribution is 2.30. The van der Waals surface area contributed by atoms with Crippen LogP contribution in [0.2, 0.25) is 0 Å². The summed E-state index contributed by atoms with van der Waals surface area (Å²) in [5, 5.41) is 0. The number of methoxy groups -OCH3 is 2. The highest BCUT2D eigenvalue weighted by Gasteiger charge is 2.26. The van der Waals surface area contributed by atoms with Gasteiger partial charge in [0.25, 0.3) is 0 Å². The fraction of sp³-hybridized carbons (Fsp3) is 0.615. The Kier molecular flexibility index (Phi) is 3.84. The lowest BCUT2D eigenvalue weighted by Crippen LogP contribution is -2.28. The minimum Gasteiger partial charge on any atom is -0.465 e. The topological polar surface area (TPSA) is 40.5 Å². The zero-order chi connectivity index (χ0) is 12.3. The Morgan fingerprint density at radius 3 is 2.82 bits per heavy atom. The van der Waals surface area contributed by atoms with E-state index in [-0.39, 0.29) is 12.1 Å². The maximum Gasteiger partial charge on any atom is 0.339 e. The van der Waals surface area contributed by atoms with Crippen LogP contribution in [0.5, 0.6) is 0 Å². The van der Waals surface area contributed by atoms with Crippen molar-refractivity contribution in [1.29, 1.82) is 0 Å². The Labute approximate surface area is 102 Å². The standard InChI is InChI=1S/C13H19NO3/c1-16-12-6-4-3-5-11(12)14-8-7-10(9-14)13(15)17-2/h7-9,11-12H,3-6H2,1-2H3/t11-,12-/m1/s1. The van der Waals surface area contributed by atoms with Crippen molar-refractivity contribution in [3.8, 4) is 0 Å². The normalized spacial score (nSPS) is 24.6. The molecule has 1 aliphatic rings. The highest BCUT2D eigenvalue weighted by atomic mass is 16.5. The monoisotopic (exact) mass is 237 g/mol. The Morgan fingerprint density at radius 1 is 1.35 bits per heavy atom. The summed E-state index contributed by atoms with van der Waals surface area (Å²) in [6.07, 6.45) is 8.68. The van der Waals surface area contributed by atoms with E-state index in [1.165, 1.54) is 20.0 Å². The van der Waals surface area contributed by atoms with Crippen molar-refractivity contribution in [3.05, 3.63) is 24.0 Å². The van der Waals surface area contributed by atoms with Crippen LogP contribution in [-0.2, 0) is 9.47 Å². The smallest absolute Gasteiger partial charge is 0.339 e. The summed E-state index contributed by atoms with van der Waals surface area (Å²) in [7, 11) is 3.16. The van der Waals surface area contributed by atoms with Crippen LogP contribution in [0.4, 0.5) is 0 Å². The molecule has 0 N–H and O–H groups in total. The van der Waals surface area contributed by atoms with E-state index in [1.807, 2.05) is 12.4 Å². The van der Waals surface area contributed by atoms with Crippen LogP contribution in [0.1, 0.15) is 42.1 Å². The van der Waals surface area contributed by atoms with Crippen LogP contribution in [-0.4, -0.2) is 30.9 Å². The molecule has 0 aromatic carbocycles. The first-order valence-electron chi connectivity index (χ1n) is 6.05. The van der Waals surface area contributed by atoms with Gasteiger partial charge in [0.15, 0.2) is 0 Å². The summed E-state index contributed by atoms with van der Waals surface area (Å²) in [6, 6.07) is 2.14. The summed E-state index contributed by atoms with van der Waals surface area (Å²) >= 11 is 0. The van der Waals surface area contributed by atoms with Crippen molar-refractivity contribution in [2.45, 2.75) is 37.8 Å². The summed E-state index contributed by atoms with van der Waals surface area (Å²) < 4.78 is 12.3. The van der Waals surface area contributed by atoms with Crippen molar-refractivity contribution in [3.63, 3.8) is 0 Å². The SMILES string of the molecule is COC(=O)c1ccn([C@@H]2CCCC[C@H]2OC)c1. The fourth-order valence-electron chi connectivity index (χ4n) is 2.55. The number of rotatable bonds is 3. The Hall–Kier alpha value is -1.29. The molecule has 0 aliphatic heterocycles. The molecule has 1 saturated carbocycles. The average Bonchev–Trinajstić information content (AvgIpc) is 2.87. The van der Waals surface area contributed by atoms with Crippen molar-refractivity contribution in [2.75, 3.05) is 14.2 Å². The van der Waals surface area contributed by atoms with Gasteiger partial charge < -0.3 is 14.0 Å². The lowest BCUT2D eigenvalue weighted by molar-refractivity contribution is 0.0290. The Morgan fingerprint density at radius 2 is 2.12 bits per heavy atom. The van der Waals surface area contributed by atoms with Crippen molar-refractivity contribution in [2.24, 2.45) is 0 Å². The van der Waals surface area contributed by atoms with Gasteiger partial charge in [0.2, 0.25) is 0 Å². The van der Waals surface area contributed by atoms with Crippen LogP contribution in [0.25, 0.3) is 0 Å². The molecule has 0 radical (unpaired) electrons. The summed E-state index contributed by atoms with van der Waals surface area (Å²) in [4.78, 5) is 11.4. The maximum atomic E-state index is 11.4. The Balaban J connectivity index is 2.15. The third-order valence-corrected chi connectivity index (χ3v) is 3.49. The summed E-state index contributed by atoms with van der Waals surface area (Å²) in [6.45, 7) is 0. The second-order valence-corrected chi connectivity index (χ2v) is 4.46. The van der Waals surface area contributed by atoms with Crippen molar-refractivity contribution in [1.82, 2.24) is 4.57 Å². The van der Waals surface area contributed by atoms with Gasteiger partial charge in [-0.1, -0.05) is 12.8 Å². The number of hydrogen-bond donors (Lipinski definition) is 0. The molecule has 4 heteroatoms. The molecule has 94 valence electrons. The molecule has 1 aliphatic carbocycles. The van der Waals surface area contributed by atoms with E-state index in [0.29, 0.717) is 11.6 Å². The molecule has 0 unspecified atom stereocenters. The van der Waals surface area contributed by atoms with E-state index in [2.05, 4.69) is 4.57 Å². The predicted molar refractivity (Wildman–Crippen MR) is 64.1 cm³/mol. The number of esters is 1. The molecule has 2 atom stereocenters. The summed E-state index contributed by atoms with van der Waals surface area (Å²) in [5.41, 5.74) is 0.605. The zero-order valence-electron chi connectivity index (χ0n) is 10.4. The summed E-state index contributed by atoms with van der Waals surface area (Å²) in [5.74, 6) is -0.284. The number of aromatic nitrogens is 1. The van der Waals surface area contributed by atoms with Crippen LogP contribution >= 0.6 is 0 Å². The molecule has 4 nitrogen and oxygen atoms in total. The van der Waals surface area contributed by atoms with Crippen LogP contribution < -0.4 is 0 Å². The third-order valence-electron chi connectivity index (χ3n) is 3.49. The van der Waals surface area contributed by atoms with E-state index in [4.69, 9.17) is 9.47 Å². The van der Waals surface area contributed by atoms with Gasteiger partial charge >= 0.3 is 5.97 Å². The minimum absolute atomic E-state index is 0.252. The molecule has 0 saturated heterocycles. The van der Waals surface area contributed by atoms with E-state index >= 15 is 0 Å². The average molecular weight is 237 g/mol. The number of nitrogens with zero attached hydrogens (tertiary/aromatic N) is 1. The second-order valence-electron chi connectivity index (χ2n) is 4.46. The van der Waals surface area contributed by atoms with Gasteiger partial charge in [-0.25, -0.2) is 4.79 Å². The van der Waals surface area contributed by atoms with Gasteiger partial charge in [0.05, 0.1) is 24.8 Å². The molecule has 0 bridgehead atoms. The van der Waals surface area contributed by atoms with E-state index in [0.717, 1.165) is 12.8 Å². The van der Waals surface area contributed by atoms with Crippen LogP contribution in [0.15, 0.2) is 18.5 Å². The highest BCUT2D eigenvalue weighted by molar-refractivity contribution is 5.89. The fourth-order valence-corrected chi connectivity index (χ4v) is 2.55. The quantitative estimate of drug-likeness (QED) is 0.758. The van der Waals surface area contributed by atoms with Gasteiger partial charge in [-0.2, -0.15) is 0 Å². The van der Waals surface area contributed by atoms with Gasteiger partial charge in [0.1, 0.15) is 0 Å². The number of carbonyl (C=O) groups excluding carboxylic acids is 1. The van der Waals surface area contributed by atoms with Crippen molar-refractivity contribution >= 4 is 5.97 Å². The lowest BCUT2D eigenvalue weighted by atomic mass is 9.92. The number of carbonyl (C=O) groups is 1. The molecule has 17 heavy (non-hydrogen) atoms. The second kappa shape index (κ2) is 5.36. The van der Waals surface area contributed by atoms with Gasteiger partial charge in [-0.05, 0) is 18.9 Å². The molecule has 1 fully saturated rings. The van der Waals surface area contributed by atoms with Crippen LogP contribution in [0, 0.1) is 0 Å².